The molecule has 0 aliphatic carbocycles. The fourth-order valence-corrected chi connectivity index (χ4v) is 2.28. The number of benzene rings is 2. The minimum absolute atomic E-state index is 0.140. The number of rotatable bonds is 2. The predicted molar refractivity (Wildman–Crippen MR) is 73.7 cm³/mol. The van der Waals surface area contributed by atoms with Gasteiger partial charge >= 0.3 is 0 Å². The highest BCUT2D eigenvalue weighted by Gasteiger charge is 2.19. The summed E-state index contributed by atoms with van der Waals surface area (Å²) in [7, 11) is 0. The molecule has 0 N–H and O–H groups in total. The summed E-state index contributed by atoms with van der Waals surface area (Å²) in [5.41, 5.74) is -0.465. The zero-order valence-corrected chi connectivity index (χ0v) is 11.7. The molecule has 0 atom stereocenters. The van der Waals surface area contributed by atoms with E-state index in [9.17, 15) is 18.9 Å². The molecule has 106 valence electrons. The van der Waals surface area contributed by atoms with Gasteiger partial charge in [-0.1, -0.05) is 15.9 Å². The Bertz CT molecular complexity index is 879. The van der Waals surface area contributed by atoms with Gasteiger partial charge in [0.05, 0.1) is 10.5 Å². The van der Waals surface area contributed by atoms with E-state index in [1.807, 2.05) is 0 Å². The second-order valence-electron chi connectivity index (χ2n) is 4.18. The molecular formula is C13H5BrF2N2O3. The fourth-order valence-electron chi connectivity index (χ4n) is 1.87. The highest BCUT2D eigenvalue weighted by Crippen LogP contribution is 2.31. The number of aromatic nitrogens is 1. The van der Waals surface area contributed by atoms with Crippen LogP contribution in [0.2, 0.25) is 0 Å². The van der Waals surface area contributed by atoms with Gasteiger partial charge in [0.25, 0.3) is 5.69 Å². The summed E-state index contributed by atoms with van der Waals surface area (Å²) in [6.07, 6.45) is 0. The molecular weight excluding hydrogens is 350 g/mol. The van der Waals surface area contributed by atoms with Gasteiger partial charge < -0.3 is 4.42 Å². The van der Waals surface area contributed by atoms with Crippen molar-refractivity contribution >= 4 is 32.7 Å². The van der Waals surface area contributed by atoms with Crippen LogP contribution in [0.4, 0.5) is 14.5 Å². The van der Waals surface area contributed by atoms with Gasteiger partial charge in [-0.3, -0.25) is 10.1 Å². The summed E-state index contributed by atoms with van der Waals surface area (Å²) in [5, 5.41) is 10.7. The molecule has 0 aliphatic rings. The third kappa shape index (κ3) is 2.38. The van der Waals surface area contributed by atoms with Crippen LogP contribution in [-0.2, 0) is 0 Å². The maximum Gasteiger partial charge on any atom is 0.270 e. The van der Waals surface area contributed by atoms with Gasteiger partial charge in [-0.25, -0.2) is 13.8 Å². The van der Waals surface area contributed by atoms with E-state index in [1.54, 1.807) is 0 Å². The van der Waals surface area contributed by atoms with Crippen LogP contribution < -0.4 is 0 Å². The number of hydrogen-bond donors (Lipinski definition) is 0. The molecule has 0 spiro atoms. The number of nitro benzene ring substituents is 1. The third-order valence-electron chi connectivity index (χ3n) is 2.80. The number of fused-ring (bicyclic) bond motifs is 1. The lowest BCUT2D eigenvalue weighted by Crippen LogP contribution is -1.91. The number of non-ortho nitro benzene ring substituents is 1. The molecule has 3 rings (SSSR count). The molecule has 3 aromatic rings. The zero-order valence-electron chi connectivity index (χ0n) is 10.1. The quantitative estimate of drug-likeness (QED) is 0.503. The number of nitro groups is 1. The summed E-state index contributed by atoms with van der Waals surface area (Å²) >= 11 is 3.11. The highest BCUT2D eigenvalue weighted by molar-refractivity contribution is 9.10. The molecule has 0 radical (unpaired) electrons. The van der Waals surface area contributed by atoms with Crippen molar-refractivity contribution in [3.05, 3.63) is 56.6 Å². The molecule has 0 saturated carbocycles. The summed E-state index contributed by atoms with van der Waals surface area (Å²) < 4.78 is 33.2. The van der Waals surface area contributed by atoms with Gasteiger partial charge in [0, 0.05) is 16.6 Å². The van der Waals surface area contributed by atoms with Crippen molar-refractivity contribution in [2.24, 2.45) is 0 Å². The Morgan fingerprint density at radius 3 is 2.67 bits per heavy atom. The van der Waals surface area contributed by atoms with Crippen LogP contribution in [0.1, 0.15) is 0 Å². The SMILES string of the molecule is O=[N+]([O-])c1ccc(F)c(-c2nc3cc(Br)cc(F)c3o2)c1. The fraction of sp³-hybridized carbons (Fsp3) is 0. The van der Waals surface area contributed by atoms with Crippen molar-refractivity contribution in [1.82, 2.24) is 4.98 Å². The maximum atomic E-state index is 13.8. The van der Waals surface area contributed by atoms with E-state index in [4.69, 9.17) is 4.42 Å². The van der Waals surface area contributed by atoms with Crippen molar-refractivity contribution in [3.63, 3.8) is 0 Å². The molecule has 0 unspecified atom stereocenters. The van der Waals surface area contributed by atoms with E-state index < -0.39 is 16.6 Å². The lowest BCUT2D eigenvalue weighted by Gasteiger charge is -1.98. The lowest BCUT2D eigenvalue weighted by atomic mass is 10.2. The average molecular weight is 355 g/mol. The highest BCUT2D eigenvalue weighted by atomic mass is 79.9. The van der Waals surface area contributed by atoms with E-state index in [1.165, 1.54) is 12.1 Å². The first-order chi connectivity index (χ1) is 9.95. The average Bonchev–Trinajstić information content (AvgIpc) is 2.82. The minimum atomic E-state index is -0.744. The third-order valence-corrected chi connectivity index (χ3v) is 3.26. The van der Waals surface area contributed by atoms with E-state index >= 15 is 0 Å². The smallest absolute Gasteiger partial charge is 0.270 e. The monoisotopic (exact) mass is 354 g/mol. The Hall–Kier alpha value is -2.35. The summed E-state index contributed by atoms with van der Waals surface area (Å²) in [6, 6.07) is 5.64. The van der Waals surface area contributed by atoms with Crippen molar-refractivity contribution in [2.75, 3.05) is 0 Å². The molecule has 0 bridgehead atoms. The van der Waals surface area contributed by atoms with Crippen LogP contribution in [0.25, 0.3) is 22.6 Å². The van der Waals surface area contributed by atoms with Gasteiger partial charge in [-0.15, -0.1) is 0 Å². The Kier molecular flexibility index (Phi) is 3.17. The van der Waals surface area contributed by atoms with Gasteiger partial charge in [-0.2, -0.15) is 0 Å². The van der Waals surface area contributed by atoms with E-state index in [-0.39, 0.29) is 28.2 Å². The van der Waals surface area contributed by atoms with E-state index in [0.29, 0.717) is 4.47 Å². The summed E-state index contributed by atoms with van der Waals surface area (Å²) in [6.45, 7) is 0. The van der Waals surface area contributed by atoms with Gasteiger partial charge in [0.15, 0.2) is 11.4 Å². The second kappa shape index (κ2) is 4.88. The summed E-state index contributed by atoms with van der Waals surface area (Å²) in [5.74, 6) is -1.63. The number of halogens is 3. The first-order valence-electron chi connectivity index (χ1n) is 5.65. The van der Waals surface area contributed by atoms with Crippen LogP contribution >= 0.6 is 15.9 Å². The van der Waals surface area contributed by atoms with Crippen LogP contribution in [0.15, 0.2) is 39.2 Å². The molecule has 8 heteroatoms. The maximum absolute atomic E-state index is 13.8. The molecule has 21 heavy (non-hydrogen) atoms. The summed E-state index contributed by atoms with van der Waals surface area (Å²) in [4.78, 5) is 14.0. The minimum Gasteiger partial charge on any atom is -0.433 e. The topological polar surface area (TPSA) is 69.2 Å². The van der Waals surface area contributed by atoms with Crippen LogP contribution in [-0.4, -0.2) is 9.91 Å². The number of nitrogens with zero attached hydrogens (tertiary/aromatic N) is 2. The first-order valence-corrected chi connectivity index (χ1v) is 6.45. The van der Waals surface area contributed by atoms with Gasteiger partial charge in [0.2, 0.25) is 5.89 Å². The van der Waals surface area contributed by atoms with E-state index in [2.05, 4.69) is 20.9 Å². The molecule has 0 amide bonds. The number of hydrogen-bond acceptors (Lipinski definition) is 4. The largest absolute Gasteiger partial charge is 0.433 e. The van der Waals surface area contributed by atoms with Crippen molar-refractivity contribution in [3.8, 4) is 11.5 Å². The first kappa shape index (κ1) is 13.6. The standard InChI is InChI=1S/C13H5BrF2N2O3/c14-6-3-10(16)12-11(4-6)17-13(21-12)8-5-7(18(19)20)1-2-9(8)15/h1-5H. The molecule has 2 aromatic carbocycles. The van der Waals surface area contributed by atoms with Crippen molar-refractivity contribution in [1.29, 1.82) is 0 Å². The van der Waals surface area contributed by atoms with Crippen LogP contribution in [0.5, 0.6) is 0 Å². The van der Waals surface area contributed by atoms with Gasteiger partial charge in [-0.05, 0) is 18.2 Å². The molecule has 0 fully saturated rings. The lowest BCUT2D eigenvalue weighted by molar-refractivity contribution is -0.384. The van der Waals surface area contributed by atoms with Crippen LogP contribution in [0, 0.1) is 21.7 Å². The van der Waals surface area contributed by atoms with Crippen molar-refractivity contribution in [2.45, 2.75) is 0 Å². The molecule has 1 aromatic heterocycles. The van der Waals surface area contributed by atoms with E-state index in [0.717, 1.165) is 18.2 Å². The Morgan fingerprint density at radius 1 is 1.19 bits per heavy atom. The van der Waals surface area contributed by atoms with Gasteiger partial charge in [0.1, 0.15) is 11.3 Å². The number of oxazole rings is 1. The van der Waals surface area contributed by atoms with Crippen molar-refractivity contribution < 1.29 is 18.1 Å². The Labute approximate surface area is 124 Å². The molecule has 1 heterocycles. The molecule has 0 aliphatic heterocycles. The zero-order chi connectivity index (χ0) is 15.1. The Morgan fingerprint density at radius 2 is 1.95 bits per heavy atom. The second-order valence-corrected chi connectivity index (χ2v) is 5.09. The molecule has 5 nitrogen and oxygen atoms in total. The normalized spacial score (nSPS) is 11.0. The predicted octanol–water partition coefficient (Wildman–Crippen LogP) is 4.44. The Balaban J connectivity index is 2.23. The molecule has 0 saturated heterocycles. The van der Waals surface area contributed by atoms with Crippen LogP contribution in [0.3, 0.4) is 0 Å².